The second-order valence-electron chi connectivity index (χ2n) is 5.45. The second-order valence-corrected chi connectivity index (χ2v) is 5.45. The molecule has 0 bridgehead atoms. The van der Waals surface area contributed by atoms with Gasteiger partial charge in [-0.05, 0) is 24.3 Å². The number of alkyl halides is 3. The quantitative estimate of drug-likeness (QED) is 0.837. The van der Waals surface area contributed by atoms with Crippen molar-refractivity contribution in [1.29, 1.82) is 0 Å². The Morgan fingerprint density at radius 3 is 2.76 bits per heavy atom. The van der Waals surface area contributed by atoms with E-state index in [0.717, 1.165) is 12.1 Å². The number of nitrogens with zero attached hydrogens (tertiary/aromatic N) is 1. The largest absolute Gasteiger partial charge is 0.439 e. The Hall–Kier alpha value is -2.61. The van der Waals surface area contributed by atoms with Gasteiger partial charge in [0.1, 0.15) is 5.75 Å². The van der Waals surface area contributed by atoms with Crippen LogP contribution < -0.4 is 15.8 Å². The summed E-state index contributed by atoms with van der Waals surface area (Å²) in [7, 11) is 0. The molecule has 5 nitrogen and oxygen atoms in total. The highest BCUT2D eigenvalue weighted by atomic mass is 19.4. The van der Waals surface area contributed by atoms with E-state index in [9.17, 15) is 18.0 Å². The first kappa shape index (κ1) is 18.7. The van der Waals surface area contributed by atoms with E-state index in [1.54, 1.807) is 19.1 Å². The monoisotopic (exact) mass is 353 g/mol. The molecule has 1 amide bonds. The van der Waals surface area contributed by atoms with Gasteiger partial charge in [-0.25, -0.2) is 4.98 Å². The lowest BCUT2D eigenvalue weighted by atomic mass is 10.1. The zero-order valence-electron chi connectivity index (χ0n) is 13.5. The number of nitrogens with one attached hydrogen (secondary N) is 1. The van der Waals surface area contributed by atoms with Crippen LogP contribution in [0.15, 0.2) is 42.6 Å². The topological polar surface area (TPSA) is 77.2 Å². The van der Waals surface area contributed by atoms with Crippen LogP contribution in [-0.2, 0) is 17.5 Å². The highest BCUT2D eigenvalue weighted by Crippen LogP contribution is 2.32. The van der Waals surface area contributed by atoms with Gasteiger partial charge in [-0.3, -0.25) is 4.79 Å². The lowest BCUT2D eigenvalue weighted by molar-refractivity contribution is -0.137. The number of ether oxygens (including phenoxy) is 1. The van der Waals surface area contributed by atoms with Gasteiger partial charge in [0.25, 0.3) is 0 Å². The number of carbonyl (C=O) groups excluding carboxylic acids is 1. The minimum atomic E-state index is -4.46. The first-order chi connectivity index (χ1) is 11.8. The average Bonchev–Trinajstić information content (AvgIpc) is 2.59. The number of benzene rings is 1. The molecule has 1 heterocycles. The number of pyridine rings is 1. The third kappa shape index (κ3) is 5.18. The van der Waals surface area contributed by atoms with Crippen LogP contribution in [0, 0.1) is 5.92 Å². The average molecular weight is 353 g/mol. The molecule has 0 aliphatic rings. The summed E-state index contributed by atoms with van der Waals surface area (Å²) >= 11 is 0. The molecule has 0 aliphatic heterocycles. The smallest absolute Gasteiger partial charge is 0.416 e. The van der Waals surface area contributed by atoms with Crippen molar-refractivity contribution in [3.05, 3.63) is 53.7 Å². The van der Waals surface area contributed by atoms with Gasteiger partial charge < -0.3 is 15.8 Å². The van der Waals surface area contributed by atoms with Crippen LogP contribution in [0.1, 0.15) is 18.1 Å². The van der Waals surface area contributed by atoms with Crippen LogP contribution >= 0.6 is 0 Å². The Balaban J connectivity index is 2.14. The van der Waals surface area contributed by atoms with Crippen LogP contribution in [0.4, 0.5) is 13.2 Å². The van der Waals surface area contributed by atoms with Gasteiger partial charge in [-0.1, -0.05) is 19.1 Å². The molecule has 8 heteroatoms. The SMILES string of the molecule is C[C@@H](CN)C(=O)NCc1cccnc1Oc1cccc(C(F)(F)F)c1. The number of rotatable bonds is 6. The summed E-state index contributed by atoms with van der Waals surface area (Å²) < 4.78 is 43.8. The van der Waals surface area contributed by atoms with Crippen LogP contribution in [0.5, 0.6) is 11.6 Å². The molecule has 2 aromatic rings. The van der Waals surface area contributed by atoms with E-state index in [1.807, 2.05) is 0 Å². The van der Waals surface area contributed by atoms with Crippen molar-refractivity contribution in [2.75, 3.05) is 6.54 Å². The fourth-order valence-corrected chi connectivity index (χ4v) is 1.96. The van der Waals surface area contributed by atoms with E-state index in [4.69, 9.17) is 10.5 Å². The van der Waals surface area contributed by atoms with E-state index < -0.39 is 11.7 Å². The fraction of sp³-hybridized carbons (Fsp3) is 0.294. The molecule has 0 saturated carbocycles. The van der Waals surface area contributed by atoms with Crippen LogP contribution in [0.2, 0.25) is 0 Å². The van der Waals surface area contributed by atoms with E-state index in [-0.39, 0.29) is 36.5 Å². The highest BCUT2D eigenvalue weighted by Gasteiger charge is 2.30. The molecular formula is C17H18F3N3O2. The molecule has 0 unspecified atom stereocenters. The van der Waals surface area contributed by atoms with Crippen molar-refractivity contribution in [3.8, 4) is 11.6 Å². The van der Waals surface area contributed by atoms with E-state index >= 15 is 0 Å². The van der Waals surface area contributed by atoms with Crippen molar-refractivity contribution in [1.82, 2.24) is 10.3 Å². The molecule has 2 rings (SSSR count). The molecular weight excluding hydrogens is 335 g/mol. The number of hydrogen-bond donors (Lipinski definition) is 2. The Labute approximate surface area is 143 Å². The second kappa shape index (κ2) is 7.98. The summed E-state index contributed by atoms with van der Waals surface area (Å²) in [6, 6.07) is 7.83. The van der Waals surface area contributed by atoms with Gasteiger partial charge in [0.05, 0.1) is 5.56 Å². The zero-order valence-corrected chi connectivity index (χ0v) is 13.5. The molecule has 134 valence electrons. The molecule has 0 saturated heterocycles. The van der Waals surface area contributed by atoms with E-state index in [0.29, 0.717) is 5.56 Å². The van der Waals surface area contributed by atoms with Gasteiger partial charge in [-0.15, -0.1) is 0 Å². The maximum Gasteiger partial charge on any atom is 0.416 e. The molecule has 1 aromatic carbocycles. The standard InChI is InChI=1S/C17H18F3N3O2/c1-11(9-21)15(24)23-10-12-4-3-7-22-16(12)25-14-6-2-5-13(8-14)17(18,19)20/h2-8,11H,9-10,21H2,1H3,(H,23,24)/t11-/m0/s1. The normalized spacial score (nSPS) is 12.5. The van der Waals surface area contributed by atoms with Crippen LogP contribution in [0.3, 0.4) is 0 Å². The summed E-state index contributed by atoms with van der Waals surface area (Å²) in [4.78, 5) is 15.8. The number of hydrogen-bond acceptors (Lipinski definition) is 4. The minimum Gasteiger partial charge on any atom is -0.439 e. The fourth-order valence-electron chi connectivity index (χ4n) is 1.96. The molecule has 0 aliphatic carbocycles. The van der Waals surface area contributed by atoms with E-state index in [2.05, 4.69) is 10.3 Å². The highest BCUT2D eigenvalue weighted by molar-refractivity contribution is 5.78. The summed E-state index contributed by atoms with van der Waals surface area (Å²) in [5, 5.41) is 2.69. The predicted octanol–water partition coefficient (Wildman–Crippen LogP) is 3.10. The van der Waals surface area contributed by atoms with Crippen molar-refractivity contribution < 1.29 is 22.7 Å². The van der Waals surface area contributed by atoms with Crippen molar-refractivity contribution >= 4 is 5.91 Å². The molecule has 1 atom stereocenters. The van der Waals surface area contributed by atoms with Crippen LogP contribution in [-0.4, -0.2) is 17.4 Å². The maximum absolute atomic E-state index is 12.8. The van der Waals surface area contributed by atoms with Crippen molar-refractivity contribution in [2.24, 2.45) is 11.7 Å². The Morgan fingerprint density at radius 1 is 1.32 bits per heavy atom. The number of halogens is 3. The van der Waals surface area contributed by atoms with Crippen molar-refractivity contribution in [2.45, 2.75) is 19.6 Å². The maximum atomic E-state index is 12.8. The Kier molecular flexibility index (Phi) is 5.97. The summed E-state index contributed by atoms with van der Waals surface area (Å²) in [5.74, 6) is -0.431. The first-order valence-electron chi connectivity index (χ1n) is 7.58. The zero-order chi connectivity index (χ0) is 18.4. The van der Waals surface area contributed by atoms with Gasteiger partial charge in [0.15, 0.2) is 0 Å². The lowest BCUT2D eigenvalue weighted by Crippen LogP contribution is -2.32. The number of amides is 1. The molecule has 0 fully saturated rings. The van der Waals surface area contributed by atoms with Gasteiger partial charge in [0, 0.05) is 30.8 Å². The number of aromatic nitrogens is 1. The first-order valence-corrected chi connectivity index (χ1v) is 7.58. The third-order valence-electron chi connectivity index (χ3n) is 3.48. The van der Waals surface area contributed by atoms with Gasteiger partial charge in [-0.2, -0.15) is 13.2 Å². The van der Waals surface area contributed by atoms with Crippen molar-refractivity contribution in [3.63, 3.8) is 0 Å². The Bertz CT molecular complexity index is 735. The molecule has 0 radical (unpaired) electrons. The predicted molar refractivity (Wildman–Crippen MR) is 85.8 cm³/mol. The molecule has 3 N–H and O–H groups in total. The lowest BCUT2D eigenvalue weighted by Gasteiger charge is -2.13. The summed E-state index contributed by atoms with van der Waals surface area (Å²) in [6.45, 7) is 2.04. The molecule has 25 heavy (non-hydrogen) atoms. The molecule has 1 aromatic heterocycles. The van der Waals surface area contributed by atoms with Gasteiger partial charge in [0.2, 0.25) is 11.8 Å². The molecule has 0 spiro atoms. The number of carbonyl (C=O) groups is 1. The summed E-state index contributed by atoms with van der Waals surface area (Å²) in [5.41, 5.74) is 5.16. The van der Waals surface area contributed by atoms with Crippen LogP contribution in [0.25, 0.3) is 0 Å². The third-order valence-corrected chi connectivity index (χ3v) is 3.48. The van der Waals surface area contributed by atoms with E-state index in [1.165, 1.54) is 18.3 Å². The Morgan fingerprint density at radius 2 is 2.08 bits per heavy atom. The minimum absolute atomic E-state index is 0.0106. The van der Waals surface area contributed by atoms with Gasteiger partial charge >= 0.3 is 6.18 Å². The number of nitrogens with two attached hydrogens (primary N) is 1. The summed E-state index contributed by atoms with van der Waals surface area (Å²) in [6.07, 6.45) is -3.00.